The van der Waals surface area contributed by atoms with Gasteiger partial charge in [0.1, 0.15) is 8.07 Å². The predicted octanol–water partition coefficient (Wildman–Crippen LogP) is 1.57. The molecule has 0 heterocycles. The van der Waals surface area contributed by atoms with Crippen LogP contribution in [-0.2, 0) is 9.53 Å². The average Bonchev–Trinajstić information content (AvgIpc) is 2.14. The Morgan fingerprint density at radius 3 is 2.53 bits per heavy atom. The molecule has 0 aromatic rings. The van der Waals surface area contributed by atoms with Gasteiger partial charge >= 0.3 is 5.97 Å². The minimum absolute atomic E-state index is 0.424. The highest BCUT2D eigenvalue weighted by atomic mass is 28.3. The Labute approximate surface area is 92.8 Å². The molecule has 0 saturated carbocycles. The van der Waals surface area contributed by atoms with Gasteiger partial charge in [0.15, 0.2) is 6.10 Å². The van der Waals surface area contributed by atoms with Gasteiger partial charge in [-0.1, -0.05) is 19.6 Å². The lowest BCUT2D eigenvalue weighted by Gasteiger charge is -2.06. The minimum Gasteiger partial charge on any atom is -0.467 e. The maximum atomic E-state index is 10.8. The second-order valence-electron chi connectivity index (χ2n) is 4.48. The highest BCUT2D eigenvalue weighted by Gasteiger charge is 2.13. The number of esters is 1. The van der Waals surface area contributed by atoms with Crippen molar-refractivity contribution in [2.75, 3.05) is 7.11 Å². The van der Waals surface area contributed by atoms with Gasteiger partial charge in [-0.05, 0) is 12.8 Å². The Morgan fingerprint density at radius 2 is 2.07 bits per heavy atom. The summed E-state index contributed by atoms with van der Waals surface area (Å²) in [6, 6.07) is 0. The monoisotopic (exact) mass is 228 g/mol. The topological polar surface area (TPSA) is 46.5 Å². The van der Waals surface area contributed by atoms with Crippen molar-refractivity contribution in [3.05, 3.63) is 0 Å². The van der Waals surface area contributed by atoms with E-state index in [2.05, 4.69) is 35.8 Å². The van der Waals surface area contributed by atoms with E-state index in [-0.39, 0.29) is 0 Å². The smallest absolute Gasteiger partial charge is 0.334 e. The van der Waals surface area contributed by atoms with E-state index < -0.39 is 20.1 Å². The maximum absolute atomic E-state index is 10.8. The SMILES string of the molecule is COC(=O)C(O)CCCC#C[Si](C)(C)C. The number of methoxy groups -OCH3 is 1. The molecule has 0 radical (unpaired) electrons. The van der Waals surface area contributed by atoms with E-state index >= 15 is 0 Å². The predicted molar refractivity (Wildman–Crippen MR) is 63.0 cm³/mol. The van der Waals surface area contributed by atoms with Crippen LogP contribution in [0.4, 0.5) is 0 Å². The maximum Gasteiger partial charge on any atom is 0.334 e. The average molecular weight is 228 g/mol. The molecule has 4 heteroatoms. The minimum atomic E-state index is -1.28. The van der Waals surface area contributed by atoms with Gasteiger partial charge in [0, 0.05) is 6.42 Å². The molecule has 1 unspecified atom stereocenters. The van der Waals surface area contributed by atoms with Crippen molar-refractivity contribution in [2.24, 2.45) is 0 Å². The van der Waals surface area contributed by atoms with Crippen molar-refractivity contribution in [1.82, 2.24) is 0 Å². The number of rotatable bonds is 4. The van der Waals surface area contributed by atoms with Gasteiger partial charge in [-0.2, -0.15) is 0 Å². The van der Waals surface area contributed by atoms with Crippen LogP contribution < -0.4 is 0 Å². The van der Waals surface area contributed by atoms with Crippen LogP contribution in [0.2, 0.25) is 19.6 Å². The van der Waals surface area contributed by atoms with Crippen molar-refractivity contribution < 1.29 is 14.6 Å². The molecule has 0 aromatic heterocycles. The summed E-state index contributed by atoms with van der Waals surface area (Å²) >= 11 is 0. The number of carbonyl (C=O) groups is 1. The molecular formula is C11H20O3Si. The normalized spacial score (nSPS) is 12.6. The summed E-state index contributed by atoms with van der Waals surface area (Å²) in [6.45, 7) is 6.55. The van der Waals surface area contributed by atoms with Crippen molar-refractivity contribution in [1.29, 1.82) is 0 Å². The molecule has 86 valence electrons. The first-order valence-electron chi connectivity index (χ1n) is 5.13. The van der Waals surface area contributed by atoms with Crippen molar-refractivity contribution in [2.45, 2.75) is 45.0 Å². The van der Waals surface area contributed by atoms with Crippen LogP contribution in [0.1, 0.15) is 19.3 Å². The molecule has 0 rings (SSSR count). The Hall–Kier alpha value is -0.793. The second kappa shape index (κ2) is 6.65. The van der Waals surface area contributed by atoms with E-state index in [4.69, 9.17) is 0 Å². The Balaban J connectivity index is 3.71. The van der Waals surface area contributed by atoms with E-state index in [1.165, 1.54) is 7.11 Å². The Kier molecular flexibility index (Phi) is 6.30. The van der Waals surface area contributed by atoms with Crippen molar-refractivity contribution >= 4 is 14.0 Å². The van der Waals surface area contributed by atoms with Gasteiger partial charge in [-0.15, -0.1) is 11.5 Å². The van der Waals surface area contributed by atoms with Gasteiger partial charge in [0.2, 0.25) is 0 Å². The molecule has 0 amide bonds. The first-order valence-corrected chi connectivity index (χ1v) is 8.63. The zero-order valence-corrected chi connectivity index (χ0v) is 11.0. The van der Waals surface area contributed by atoms with E-state index in [0.29, 0.717) is 6.42 Å². The molecule has 0 aromatic carbocycles. The molecule has 1 N–H and O–H groups in total. The lowest BCUT2D eigenvalue weighted by molar-refractivity contribution is -0.150. The summed E-state index contributed by atoms with van der Waals surface area (Å²) < 4.78 is 4.41. The van der Waals surface area contributed by atoms with E-state index in [1.54, 1.807) is 0 Å². The number of hydrogen-bond acceptors (Lipinski definition) is 3. The summed E-state index contributed by atoms with van der Waals surface area (Å²) in [5, 5.41) is 9.26. The number of aliphatic hydroxyl groups is 1. The zero-order valence-electron chi connectivity index (χ0n) is 9.96. The van der Waals surface area contributed by atoms with Crippen molar-refractivity contribution in [3.8, 4) is 11.5 Å². The van der Waals surface area contributed by atoms with Gasteiger partial charge in [0.25, 0.3) is 0 Å². The molecule has 0 bridgehead atoms. The first kappa shape index (κ1) is 14.2. The van der Waals surface area contributed by atoms with Crippen LogP contribution in [0.3, 0.4) is 0 Å². The zero-order chi connectivity index (χ0) is 11.9. The standard InChI is InChI=1S/C11H20O3Si/c1-14-11(13)10(12)8-6-5-7-9-15(2,3)4/h10,12H,5-6,8H2,1-4H3. The number of carbonyl (C=O) groups excluding carboxylic acids is 1. The molecule has 3 nitrogen and oxygen atoms in total. The quantitative estimate of drug-likeness (QED) is 0.344. The second-order valence-corrected chi connectivity index (χ2v) is 9.23. The van der Waals surface area contributed by atoms with Gasteiger partial charge in [0.05, 0.1) is 7.11 Å². The lowest BCUT2D eigenvalue weighted by atomic mass is 10.1. The van der Waals surface area contributed by atoms with Gasteiger partial charge < -0.3 is 9.84 Å². The number of unbranched alkanes of at least 4 members (excludes halogenated alkanes) is 1. The van der Waals surface area contributed by atoms with E-state index in [9.17, 15) is 9.90 Å². The third-order valence-electron chi connectivity index (χ3n) is 1.72. The fraction of sp³-hybridized carbons (Fsp3) is 0.727. The van der Waals surface area contributed by atoms with Gasteiger partial charge in [-0.3, -0.25) is 0 Å². The molecule has 0 aliphatic heterocycles. The van der Waals surface area contributed by atoms with Crippen LogP contribution in [0, 0.1) is 11.5 Å². The molecule has 1 atom stereocenters. The highest BCUT2D eigenvalue weighted by Crippen LogP contribution is 2.02. The summed E-state index contributed by atoms with van der Waals surface area (Å²) in [5.41, 5.74) is 3.23. The lowest BCUT2D eigenvalue weighted by Crippen LogP contribution is -2.21. The summed E-state index contributed by atoms with van der Waals surface area (Å²) in [5.74, 6) is 2.52. The van der Waals surface area contributed by atoms with Crippen LogP contribution in [-0.4, -0.2) is 32.4 Å². The van der Waals surface area contributed by atoms with Crippen LogP contribution >= 0.6 is 0 Å². The third kappa shape index (κ3) is 8.22. The molecule has 0 aliphatic carbocycles. The van der Waals surface area contributed by atoms with Crippen molar-refractivity contribution in [3.63, 3.8) is 0 Å². The Bertz CT molecular complexity index is 257. The molecule has 0 saturated heterocycles. The number of aliphatic hydroxyl groups excluding tert-OH is 1. The van der Waals surface area contributed by atoms with E-state index in [1.807, 2.05) is 0 Å². The van der Waals surface area contributed by atoms with Crippen LogP contribution in [0.25, 0.3) is 0 Å². The number of ether oxygens (including phenoxy) is 1. The number of hydrogen-bond donors (Lipinski definition) is 1. The first-order chi connectivity index (χ1) is 6.87. The molecule has 15 heavy (non-hydrogen) atoms. The third-order valence-corrected chi connectivity index (χ3v) is 2.64. The summed E-state index contributed by atoms with van der Waals surface area (Å²) in [6.07, 6.45) is 0.891. The summed E-state index contributed by atoms with van der Waals surface area (Å²) in [7, 11) is -0.00397. The van der Waals surface area contributed by atoms with Gasteiger partial charge in [-0.25, -0.2) is 4.79 Å². The van der Waals surface area contributed by atoms with Crippen LogP contribution in [0.5, 0.6) is 0 Å². The molecular weight excluding hydrogens is 208 g/mol. The largest absolute Gasteiger partial charge is 0.467 e. The summed E-state index contributed by atoms with van der Waals surface area (Å²) in [4.78, 5) is 10.8. The van der Waals surface area contributed by atoms with E-state index in [0.717, 1.165) is 12.8 Å². The van der Waals surface area contributed by atoms with Crippen LogP contribution in [0.15, 0.2) is 0 Å². The fourth-order valence-electron chi connectivity index (χ4n) is 0.965. The molecule has 0 spiro atoms. The molecule has 0 aliphatic rings. The Morgan fingerprint density at radius 1 is 1.47 bits per heavy atom. The fourth-order valence-corrected chi connectivity index (χ4v) is 1.62. The molecule has 0 fully saturated rings. The highest BCUT2D eigenvalue weighted by molar-refractivity contribution is 6.83.